The van der Waals surface area contributed by atoms with Crippen LogP contribution in [0.15, 0.2) is 71.2 Å². The number of nitrogens with zero attached hydrogens (tertiary/aromatic N) is 1. The van der Waals surface area contributed by atoms with E-state index < -0.39 is 0 Å². The Morgan fingerprint density at radius 3 is 2.45 bits per heavy atom. The molecule has 2 aromatic carbocycles. The van der Waals surface area contributed by atoms with E-state index in [0.717, 1.165) is 13.1 Å². The molecule has 0 radical (unpaired) electrons. The minimum Gasteiger partial charge on any atom is -0.493 e. The smallest absolute Gasteiger partial charge is 0.185 e. The molecule has 0 amide bonds. The molecule has 0 unspecified atom stereocenters. The van der Waals surface area contributed by atoms with E-state index in [1.807, 2.05) is 60.7 Å². The van der Waals surface area contributed by atoms with Gasteiger partial charge in [-0.1, -0.05) is 12.1 Å². The van der Waals surface area contributed by atoms with E-state index in [4.69, 9.17) is 13.9 Å². The molecule has 0 bridgehead atoms. The second kappa shape index (κ2) is 10.0. The summed E-state index contributed by atoms with van der Waals surface area (Å²) in [6.07, 6.45) is 7.00. The van der Waals surface area contributed by atoms with Crippen molar-refractivity contribution >= 4 is 17.5 Å². The summed E-state index contributed by atoms with van der Waals surface area (Å²) in [4.78, 5) is 14.9. The van der Waals surface area contributed by atoms with E-state index in [9.17, 15) is 4.79 Å². The van der Waals surface area contributed by atoms with E-state index in [2.05, 4.69) is 4.90 Å². The Labute approximate surface area is 182 Å². The van der Waals surface area contributed by atoms with Crippen LogP contribution in [-0.4, -0.2) is 26.0 Å². The molecule has 1 aliphatic rings. The lowest BCUT2D eigenvalue weighted by Gasteiger charge is -2.28. The number of carbonyl (C=O) groups excluding carboxylic acids is 1. The molecule has 2 heterocycles. The number of benzene rings is 2. The zero-order valence-electron chi connectivity index (χ0n) is 17.8. The van der Waals surface area contributed by atoms with E-state index in [0.29, 0.717) is 28.6 Å². The Balaban J connectivity index is 1.33. The van der Waals surface area contributed by atoms with Crippen molar-refractivity contribution in [3.8, 4) is 11.5 Å². The normalized spacial score (nSPS) is 14.0. The summed E-state index contributed by atoms with van der Waals surface area (Å²) in [5.41, 5.74) is 1.86. The number of hydrogen-bond donors (Lipinski definition) is 0. The van der Waals surface area contributed by atoms with Crippen LogP contribution in [0.1, 0.15) is 41.1 Å². The lowest BCUT2D eigenvalue weighted by molar-refractivity contribution is 0.104. The zero-order valence-corrected chi connectivity index (χ0v) is 17.8. The van der Waals surface area contributed by atoms with Crippen LogP contribution in [-0.2, 0) is 6.61 Å². The molecule has 160 valence electrons. The van der Waals surface area contributed by atoms with Crippen molar-refractivity contribution in [3.05, 3.63) is 83.8 Å². The van der Waals surface area contributed by atoms with Gasteiger partial charge in [-0.05, 0) is 79.9 Å². The molecule has 1 aromatic heterocycles. The van der Waals surface area contributed by atoms with Gasteiger partial charge in [-0.15, -0.1) is 0 Å². The predicted molar refractivity (Wildman–Crippen MR) is 122 cm³/mol. The Kier molecular flexibility index (Phi) is 6.72. The maximum atomic E-state index is 12.5. The number of anilines is 1. The van der Waals surface area contributed by atoms with Crippen molar-refractivity contribution in [2.75, 3.05) is 25.1 Å². The van der Waals surface area contributed by atoms with Crippen molar-refractivity contribution in [3.63, 3.8) is 0 Å². The van der Waals surface area contributed by atoms with Gasteiger partial charge in [0.25, 0.3) is 0 Å². The molecule has 0 spiro atoms. The maximum Gasteiger partial charge on any atom is 0.185 e. The number of ketones is 1. The summed E-state index contributed by atoms with van der Waals surface area (Å²) < 4.78 is 16.8. The molecule has 0 saturated carbocycles. The number of ether oxygens (including phenoxy) is 2. The highest BCUT2D eigenvalue weighted by Gasteiger charge is 2.11. The summed E-state index contributed by atoms with van der Waals surface area (Å²) in [5, 5.41) is 0. The average molecular weight is 418 g/mol. The Hall–Kier alpha value is -3.47. The molecule has 0 atom stereocenters. The Morgan fingerprint density at radius 1 is 0.968 bits per heavy atom. The minimum absolute atomic E-state index is 0.0478. The molecular weight excluding hydrogens is 390 g/mol. The van der Waals surface area contributed by atoms with Crippen LogP contribution in [0.2, 0.25) is 0 Å². The lowest BCUT2D eigenvalue weighted by atomic mass is 10.1. The predicted octanol–water partition coefficient (Wildman–Crippen LogP) is 5.75. The van der Waals surface area contributed by atoms with Crippen LogP contribution < -0.4 is 14.4 Å². The number of hydrogen-bond acceptors (Lipinski definition) is 5. The largest absolute Gasteiger partial charge is 0.493 e. The first-order chi connectivity index (χ1) is 15.2. The van der Waals surface area contributed by atoms with Crippen molar-refractivity contribution in [1.29, 1.82) is 0 Å². The van der Waals surface area contributed by atoms with Crippen LogP contribution in [0.25, 0.3) is 6.08 Å². The van der Waals surface area contributed by atoms with Crippen LogP contribution in [0.5, 0.6) is 11.5 Å². The number of rotatable bonds is 8. The second-order valence-electron chi connectivity index (χ2n) is 7.54. The third-order valence-corrected chi connectivity index (χ3v) is 5.39. The van der Waals surface area contributed by atoms with E-state index in [1.54, 1.807) is 19.3 Å². The first kappa shape index (κ1) is 20.8. The first-order valence-electron chi connectivity index (χ1n) is 10.6. The fourth-order valence-corrected chi connectivity index (χ4v) is 3.69. The molecule has 3 aromatic rings. The fraction of sp³-hybridized carbons (Fsp3) is 0.269. The topological polar surface area (TPSA) is 51.9 Å². The molecule has 4 rings (SSSR count). The molecule has 31 heavy (non-hydrogen) atoms. The van der Waals surface area contributed by atoms with Gasteiger partial charge in [0, 0.05) is 24.3 Å². The van der Waals surface area contributed by atoms with Gasteiger partial charge in [0.2, 0.25) is 0 Å². The fourth-order valence-electron chi connectivity index (χ4n) is 3.69. The van der Waals surface area contributed by atoms with Gasteiger partial charge in [-0.2, -0.15) is 0 Å². The van der Waals surface area contributed by atoms with Gasteiger partial charge >= 0.3 is 0 Å². The molecule has 5 heteroatoms. The summed E-state index contributed by atoms with van der Waals surface area (Å²) in [6.45, 7) is 2.46. The van der Waals surface area contributed by atoms with Crippen molar-refractivity contribution in [1.82, 2.24) is 0 Å². The number of furan rings is 1. The number of para-hydroxylation sites is 2. The number of piperidine rings is 1. The summed E-state index contributed by atoms with van der Waals surface area (Å²) in [6, 6.07) is 19.0. The molecular formula is C26H27NO4. The SMILES string of the molecule is COc1ccccc1OCc1ccc(/C=C/C(=O)c2ccc(N3CCCCC3)cc2)o1. The van der Waals surface area contributed by atoms with E-state index in [1.165, 1.54) is 24.9 Å². The van der Waals surface area contributed by atoms with Gasteiger partial charge in [-0.3, -0.25) is 4.79 Å². The summed E-state index contributed by atoms with van der Waals surface area (Å²) >= 11 is 0. The van der Waals surface area contributed by atoms with Gasteiger partial charge in [-0.25, -0.2) is 0 Å². The summed E-state index contributed by atoms with van der Waals surface area (Å²) in [7, 11) is 1.61. The third-order valence-electron chi connectivity index (χ3n) is 5.39. The van der Waals surface area contributed by atoms with Gasteiger partial charge in [0.05, 0.1) is 7.11 Å². The first-order valence-corrected chi connectivity index (χ1v) is 10.6. The maximum absolute atomic E-state index is 12.5. The molecule has 1 aliphatic heterocycles. The number of allylic oxidation sites excluding steroid dienone is 1. The number of methoxy groups -OCH3 is 1. The van der Waals surface area contributed by atoms with Crippen molar-refractivity contribution < 1.29 is 18.7 Å². The molecule has 0 aliphatic carbocycles. The molecule has 0 N–H and O–H groups in total. The third kappa shape index (κ3) is 5.37. The van der Waals surface area contributed by atoms with Gasteiger partial charge in [0.1, 0.15) is 18.1 Å². The molecule has 5 nitrogen and oxygen atoms in total. The highest BCUT2D eigenvalue weighted by atomic mass is 16.5. The lowest BCUT2D eigenvalue weighted by Crippen LogP contribution is -2.29. The molecule has 1 fully saturated rings. The monoisotopic (exact) mass is 417 g/mol. The van der Waals surface area contributed by atoms with Gasteiger partial charge in [0.15, 0.2) is 17.3 Å². The van der Waals surface area contributed by atoms with Crippen LogP contribution >= 0.6 is 0 Å². The molecule has 1 saturated heterocycles. The number of carbonyl (C=O) groups is 1. The average Bonchev–Trinajstić information content (AvgIpc) is 3.30. The van der Waals surface area contributed by atoms with Crippen LogP contribution in [0, 0.1) is 0 Å². The highest BCUT2D eigenvalue weighted by Crippen LogP contribution is 2.27. The zero-order chi connectivity index (χ0) is 21.5. The minimum atomic E-state index is -0.0478. The van der Waals surface area contributed by atoms with Crippen LogP contribution in [0.3, 0.4) is 0 Å². The van der Waals surface area contributed by atoms with Crippen LogP contribution in [0.4, 0.5) is 5.69 Å². The highest BCUT2D eigenvalue weighted by molar-refractivity contribution is 6.06. The quantitative estimate of drug-likeness (QED) is 0.345. The summed E-state index contributed by atoms with van der Waals surface area (Å²) in [5.74, 6) is 2.56. The van der Waals surface area contributed by atoms with Crippen molar-refractivity contribution in [2.24, 2.45) is 0 Å². The Bertz CT molecular complexity index is 1030. The van der Waals surface area contributed by atoms with E-state index in [-0.39, 0.29) is 12.4 Å². The Morgan fingerprint density at radius 2 is 1.71 bits per heavy atom. The van der Waals surface area contributed by atoms with Gasteiger partial charge < -0.3 is 18.8 Å². The standard InChI is InChI=1S/C26H27NO4/c1-29-25-7-3-4-8-26(25)30-19-23-14-13-22(31-23)15-16-24(28)20-9-11-21(12-10-20)27-17-5-2-6-18-27/h3-4,7-16H,2,5-6,17-19H2,1H3/b16-15+. The second-order valence-corrected chi connectivity index (χ2v) is 7.54. The van der Waals surface area contributed by atoms with Crippen molar-refractivity contribution in [2.45, 2.75) is 25.9 Å². The van der Waals surface area contributed by atoms with E-state index >= 15 is 0 Å².